The number of carbonyl (C=O) groups excluding carboxylic acids is 1. The second kappa shape index (κ2) is 7.51. The molecule has 0 saturated carbocycles. The molecule has 0 spiro atoms. The first-order valence-corrected chi connectivity index (χ1v) is 6.17. The summed E-state index contributed by atoms with van der Waals surface area (Å²) in [5, 5.41) is 14.3. The number of rotatable bonds is 7. The van der Waals surface area contributed by atoms with Gasteiger partial charge in [0.1, 0.15) is 6.54 Å². The number of amides is 1. The fraction of sp³-hybridized carbons (Fsp3) is 0.538. The maximum Gasteiger partial charge on any atom is 0.239 e. The third-order valence-corrected chi connectivity index (χ3v) is 2.82. The molecule has 5 nitrogen and oxygen atoms in total. The molecule has 1 rings (SSSR count). The molecule has 98 valence electrons. The average Bonchev–Trinajstić information content (AvgIpc) is 2.79. The highest BCUT2D eigenvalue weighted by Gasteiger charge is 2.09. The van der Waals surface area contributed by atoms with E-state index in [-0.39, 0.29) is 5.91 Å². The number of aromatic nitrogens is 1. The molecule has 1 heterocycles. The Morgan fingerprint density at radius 1 is 1.61 bits per heavy atom. The van der Waals surface area contributed by atoms with Gasteiger partial charge in [-0.1, -0.05) is 6.92 Å². The summed E-state index contributed by atoms with van der Waals surface area (Å²) in [6.07, 6.45) is 5.24. The minimum atomic E-state index is -0.0649. The van der Waals surface area contributed by atoms with Gasteiger partial charge in [-0.25, -0.2) is 0 Å². The van der Waals surface area contributed by atoms with Crippen LogP contribution in [0.15, 0.2) is 18.5 Å². The van der Waals surface area contributed by atoms with E-state index in [0.29, 0.717) is 25.6 Å². The number of nitrogens with zero attached hydrogens (tertiary/aromatic N) is 2. The lowest BCUT2D eigenvalue weighted by Gasteiger charge is -2.11. The van der Waals surface area contributed by atoms with Crippen LogP contribution in [0, 0.1) is 11.3 Å². The summed E-state index contributed by atoms with van der Waals surface area (Å²) in [6, 6.07) is 4.34. The normalized spacial score (nSPS) is 11.8. The fourth-order valence-electron chi connectivity index (χ4n) is 1.85. The second-order valence-corrected chi connectivity index (χ2v) is 4.12. The van der Waals surface area contributed by atoms with E-state index in [2.05, 4.69) is 17.6 Å². The van der Waals surface area contributed by atoms with Crippen LogP contribution < -0.4 is 10.6 Å². The number of carbonyl (C=O) groups is 1. The second-order valence-electron chi connectivity index (χ2n) is 4.12. The summed E-state index contributed by atoms with van der Waals surface area (Å²) in [5.41, 5.74) is 1.19. The van der Waals surface area contributed by atoms with Crippen molar-refractivity contribution in [2.75, 3.05) is 13.6 Å². The summed E-state index contributed by atoms with van der Waals surface area (Å²) in [5.74, 6) is -0.0649. The highest BCUT2D eigenvalue weighted by molar-refractivity contribution is 5.75. The molecule has 0 fully saturated rings. The molecule has 5 heteroatoms. The molecule has 0 radical (unpaired) electrons. The van der Waals surface area contributed by atoms with Crippen molar-refractivity contribution in [3.8, 4) is 6.07 Å². The van der Waals surface area contributed by atoms with E-state index in [1.807, 2.05) is 36.1 Å². The molecule has 0 aromatic carbocycles. The monoisotopic (exact) mass is 248 g/mol. The molecule has 0 aliphatic heterocycles. The van der Waals surface area contributed by atoms with Crippen molar-refractivity contribution < 1.29 is 4.79 Å². The highest BCUT2D eigenvalue weighted by atomic mass is 16.1. The van der Waals surface area contributed by atoms with Crippen LogP contribution in [0.2, 0.25) is 0 Å². The topological polar surface area (TPSA) is 69.8 Å². The summed E-state index contributed by atoms with van der Waals surface area (Å²) < 4.78 is 1.86. The van der Waals surface area contributed by atoms with Crippen molar-refractivity contribution in [1.82, 2.24) is 15.2 Å². The van der Waals surface area contributed by atoms with Gasteiger partial charge in [-0.15, -0.1) is 0 Å². The van der Waals surface area contributed by atoms with Gasteiger partial charge in [0.15, 0.2) is 0 Å². The third-order valence-electron chi connectivity index (χ3n) is 2.82. The SMILES string of the molecule is CCC(NC)c1ccn(CC(=O)NCCC#N)c1. The van der Waals surface area contributed by atoms with Gasteiger partial charge in [0.2, 0.25) is 5.91 Å². The summed E-state index contributed by atoms with van der Waals surface area (Å²) in [7, 11) is 1.93. The van der Waals surface area contributed by atoms with Gasteiger partial charge in [0.05, 0.1) is 12.5 Å². The van der Waals surface area contributed by atoms with E-state index in [1.165, 1.54) is 5.56 Å². The molecule has 1 aromatic rings. The zero-order valence-electron chi connectivity index (χ0n) is 10.9. The minimum Gasteiger partial charge on any atom is -0.354 e. The zero-order chi connectivity index (χ0) is 13.4. The molecule has 2 N–H and O–H groups in total. The first kappa shape index (κ1) is 14.3. The largest absolute Gasteiger partial charge is 0.354 e. The Hall–Kier alpha value is -1.80. The van der Waals surface area contributed by atoms with E-state index in [9.17, 15) is 4.79 Å². The first-order valence-electron chi connectivity index (χ1n) is 6.17. The molecule has 1 unspecified atom stereocenters. The number of nitrogens with one attached hydrogen (secondary N) is 2. The van der Waals surface area contributed by atoms with Gasteiger partial charge in [-0.2, -0.15) is 5.26 Å². The molecule has 1 atom stereocenters. The maximum atomic E-state index is 11.5. The summed E-state index contributed by atoms with van der Waals surface area (Å²) in [4.78, 5) is 11.5. The molecular weight excluding hydrogens is 228 g/mol. The Bertz CT molecular complexity index is 415. The zero-order valence-corrected chi connectivity index (χ0v) is 10.9. The molecule has 1 aromatic heterocycles. The first-order chi connectivity index (χ1) is 8.71. The van der Waals surface area contributed by atoms with Crippen LogP contribution in [-0.4, -0.2) is 24.1 Å². The van der Waals surface area contributed by atoms with Crippen LogP contribution in [0.5, 0.6) is 0 Å². The standard InChI is InChI=1S/C13H20N4O/c1-3-12(15-2)11-5-8-17(9-11)10-13(18)16-7-4-6-14/h5,8-9,12,15H,3-4,7,10H2,1-2H3,(H,16,18). The van der Waals surface area contributed by atoms with Crippen LogP contribution in [0.1, 0.15) is 31.4 Å². The Morgan fingerprint density at radius 2 is 2.39 bits per heavy atom. The minimum absolute atomic E-state index is 0.0649. The van der Waals surface area contributed by atoms with Gasteiger partial charge in [0, 0.05) is 25.0 Å². The molecule has 1 amide bonds. The van der Waals surface area contributed by atoms with Gasteiger partial charge in [0.25, 0.3) is 0 Å². The van der Waals surface area contributed by atoms with E-state index in [1.54, 1.807) is 0 Å². The molecule has 18 heavy (non-hydrogen) atoms. The Kier molecular flexibility index (Phi) is 5.95. The van der Waals surface area contributed by atoms with Gasteiger partial charge in [-0.05, 0) is 25.1 Å². The van der Waals surface area contributed by atoms with Crippen molar-refractivity contribution in [3.63, 3.8) is 0 Å². The van der Waals surface area contributed by atoms with E-state index >= 15 is 0 Å². The van der Waals surface area contributed by atoms with Gasteiger partial charge in [-0.3, -0.25) is 4.79 Å². The van der Waals surface area contributed by atoms with Crippen molar-refractivity contribution in [3.05, 3.63) is 24.0 Å². The molecule has 0 bridgehead atoms. The molecule has 0 aliphatic carbocycles. The van der Waals surface area contributed by atoms with Gasteiger partial charge < -0.3 is 15.2 Å². The van der Waals surface area contributed by atoms with Crippen molar-refractivity contribution in [2.45, 2.75) is 32.4 Å². The van der Waals surface area contributed by atoms with Crippen LogP contribution in [0.4, 0.5) is 0 Å². The smallest absolute Gasteiger partial charge is 0.239 e. The maximum absolute atomic E-state index is 11.5. The van der Waals surface area contributed by atoms with Crippen molar-refractivity contribution in [1.29, 1.82) is 5.26 Å². The quantitative estimate of drug-likeness (QED) is 0.712. The average molecular weight is 248 g/mol. The number of nitriles is 1. The lowest BCUT2D eigenvalue weighted by atomic mass is 10.1. The molecule has 0 aliphatic rings. The fourth-order valence-corrected chi connectivity index (χ4v) is 1.85. The Labute approximate surface area is 108 Å². The predicted molar refractivity (Wildman–Crippen MR) is 69.8 cm³/mol. The van der Waals surface area contributed by atoms with Crippen LogP contribution in [0.25, 0.3) is 0 Å². The number of hydrogen-bond donors (Lipinski definition) is 2. The lowest BCUT2D eigenvalue weighted by Crippen LogP contribution is -2.27. The molecule has 0 saturated heterocycles. The van der Waals surface area contributed by atoms with Crippen molar-refractivity contribution >= 4 is 5.91 Å². The highest BCUT2D eigenvalue weighted by Crippen LogP contribution is 2.15. The summed E-state index contributed by atoms with van der Waals surface area (Å²) >= 11 is 0. The van der Waals surface area contributed by atoms with Crippen molar-refractivity contribution in [2.24, 2.45) is 0 Å². The Morgan fingerprint density at radius 3 is 3.00 bits per heavy atom. The predicted octanol–water partition coefficient (Wildman–Crippen LogP) is 1.19. The van der Waals surface area contributed by atoms with Crippen LogP contribution in [0.3, 0.4) is 0 Å². The van der Waals surface area contributed by atoms with E-state index < -0.39 is 0 Å². The summed E-state index contributed by atoms with van der Waals surface area (Å²) in [6.45, 7) is 2.83. The third kappa shape index (κ3) is 4.22. The van der Waals surface area contributed by atoms with Crippen LogP contribution in [-0.2, 0) is 11.3 Å². The van der Waals surface area contributed by atoms with E-state index in [0.717, 1.165) is 6.42 Å². The van der Waals surface area contributed by atoms with Gasteiger partial charge >= 0.3 is 0 Å². The van der Waals surface area contributed by atoms with E-state index in [4.69, 9.17) is 5.26 Å². The lowest BCUT2D eigenvalue weighted by molar-refractivity contribution is -0.121. The number of hydrogen-bond acceptors (Lipinski definition) is 3. The molecular formula is C13H20N4O. The Balaban J connectivity index is 2.48. The van der Waals surface area contributed by atoms with Crippen LogP contribution >= 0.6 is 0 Å².